The van der Waals surface area contributed by atoms with Gasteiger partial charge in [-0.05, 0) is 48.4 Å². The number of rotatable bonds is 9. The molecule has 0 radical (unpaired) electrons. The van der Waals surface area contributed by atoms with Gasteiger partial charge < -0.3 is 15.8 Å². The summed E-state index contributed by atoms with van der Waals surface area (Å²) < 4.78 is 5.31. The largest absolute Gasteiger partial charge is 0.497 e. The quantitative estimate of drug-likeness (QED) is 0.736. The fourth-order valence-corrected chi connectivity index (χ4v) is 2.71. The summed E-state index contributed by atoms with van der Waals surface area (Å²) in [6.07, 6.45) is 0.952. The van der Waals surface area contributed by atoms with Crippen LogP contribution in [-0.2, 0) is 17.9 Å². The van der Waals surface area contributed by atoms with Gasteiger partial charge in [0.2, 0.25) is 5.91 Å². The first kappa shape index (κ1) is 19.0. The lowest BCUT2D eigenvalue weighted by Crippen LogP contribution is -2.25. The third-order valence-electron chi connectivity index (χ3n) is 3.90. The van der Waals surface area contributed by atoms with Crippen molar-refractivity contribution in [2.45, 2.75) is 26.4 Å². The molecule has 1 amide bonds. The first-order valence-electron chi connectivity index (χ1n) is 8.52. The number of carbonyl (C=O) groups is 1. The minimum atomic E-state index is -0.0599. The summed E-state index contributed by atoms with van der Waals surface area (Å²) in [5, 5.41) is 2.79. The van der Waals surface area contributed by atoms with E-state index in [0.717, 1.165) is 37.5 Å². The van der Waals surface area contributed by atoms with E-state index in [4.69, 9.17) is 10.5 Å². The van der Waals surface area contributed by atoms with Crippen LogP contribution < -0.4 is 15.8 Å². The van der Waals surface area contributed by atoms with Crippen LogP contribution in [0.1, 0.15) is 24.5 Å². The van der Waals surface area contributed by atoms with Crippen LogP contribution in [0.3, 0.4) is 0 Å². The SMILES string of the molecule is COc1cccc(CN(CCCN)Cc2ccc(NC(C)=O)cc2)c1. The van der Waals surface area contributed by atoms with E-state index in [1.165, 1.54) is 18.1 Å². The van der Waals surface area contributed by atoms with Crippen LogP contribution >= 0.6 is 0 Å². The van der Waals surface area contributed by atoms with Crippen molar-refractivity contribution < 1.29 is 9.53 Å². The van der Waals surface area contributed by atoms with Gasteiger partial charge in [-0.25, -0.2) is 0 Å². The molecule has 5 heteroatoms. The standard InChI is InChI=1S/C20H27N3O2/c1-16(24)22-19-9-7-17(8-10-19)14-23(12-4-11-21)15-18-5-3-6-20(13-18)25-2/h3,5-10,13H,4,11-12,14-15,21H2,1-2H3,(H,22,24). The van der Waals surface area contributed by atoms with Gasteiger partial charge in [-0.1, -0.05) is 24.3 Å². The van der Waals surface area contributed by atoms with Crippen molar-refractivity contribution in [1.82, 2.24) is 4.90 Å². The lowest BCUT2D eigenvalue weighted by molar-refractivity contribution is -0.114. The summed E-state index contributed by atoms with van der Waals surface area (Å²) in [5.41, 5.74) is 8.92. The second-order valence-electron chi connectivity index (χ2n) is 6.08. The Bertz CT molecular complexity index is 671. The highest BCUT2D eigenvalue weighted by Crippen LogP contribution is 2.17. The molecule has 0 saturated heterocycles. The zero-order valence-corrected chi connectivity index (χ0v) is 15.0. The summed E-state index contributed by atoms with van der Waals surface area (Å²) in [5.74, 6) is 0.811. The Labute approximate surface area is 149 Å². The molecular formula is C20H27N3O2. The van der Waals surface area contributed by atoms with E-state index >= 15 is 0 Å². The summed E-state index contributed by atoms with van der Waals surface area (Å²) in [6.45, 7) is 4.79. The van der Waals surface area contributed by atoms with Crippen molar-refractivity contribution in [2.75, 3.05) is 25.5 Å². The molecule has 0 aliphatic rings. The molecule has 0 atom stereocenters. The summed E-state index contributed by atoms with van der Waals surface area (Å²) >= 11 is 0. The number of nitrogens with one attached hydrogen (secondary N) is 1. The van der Waals surface area contributed by atoms with Crippen LogP contribution in [0.25, 0.3) is 0 Å². The number of nitrogens with zero attached hydrogens (tertiary/aromatic N) is 1. The molecule has 0 bridgehead atoms. The normalized spacial score (nSPS) is 10.7. The van der Waals surface area contributed by atoms with Crippen molar-refractivity contribution in [2.24, 2.45) is 5.73 Å². The van der Waals surface area contributed by atoms with Gasteiger partial charge in [-0.3, -0.25) is 9.69 Å². The maximum atomic E-state index is 11.1. The third kappa shape index (κ3) is 6.57. The molecule has 0 saturated carbocycles. The molecule has 25 heavy (non-hydrogen) atoms. The Kier molecular flexibility index (Phi) is 7.44. The number of amides is 1. The van der Waals surface area contributed by atoms with E-state index in [9.17, 15) is 4.79 Å². The predicted molar refractivity (Wildman–Crippen MR) is 102 cm³/mol. The topological polar surface area (TPSA) is 67.6 Å². The molecule has 2 aromatic rings. The van der Waals surface area contributed by atoms with Gasteiger partial charge in [0, 0.05) is 32.2 Å². The fraction of sp³-hybridized carbons (Fsp3) is 0.350. The molecule has 0 aliphatic carbocycles. The van der Waals surface area contributed by atoms with Crippen molar-refractivity contribution >= 4 is 11.6 Å². The second-order valence-corrected chi connectivity index (χ2v) is 6.08. The lowest BCUT2D eigenvalue weighted by Gasteiger charge is -2.23. The van der Waals surface area contributed by atoms with E-state index in [-0.39, 0.29) is 5.91 Å². The van der Waals surface area contributed by atoms with E-state index in [2.05, 4.69) is 22.3 Å². The maximum Gasteiger partial charge on any atom is 0.221 e. The second kappa shape index (κ2) is 9.81. The Morgan fingerprint density at radius 2 is 1.84 bits per heavy atom. The maximum absolute atomic E-state index is 11.1. The monoisotopic (exact) mass is 341 g/mol. The first-order valence-corrected chi connectivity index (χ1v) is 8.52. The first-order chi connectivity index (χ1) is 12.1. The summed E-state index contributed by atoms with van der Waals surface area (Å²) in [7, 11) is 1.68. The molecule has 5 nitrogen and oxygen atoms in total. The highest BCUT2D eigenvalue weighted by Gasteiger charge is 2.08. The number of hydrogen-bond donors (Lipinski definition) is 2. The molecule has 0 unspecified atom stereocenters. The van der Waals surface area contributed by atoms with Gasteiger partial charge in [-0.15, -0.1) is 0 Å². The van der Waals surface area contributed by atoms with Crippen molar-refractivity contribution in [1.29, 1.82) is 0 Å². The van der Waals surface area contributed by atoms with Gasteiger partial charge >= 0.3 is 0 Å². The molecule has 0 fully saturated rings. The van der Waals surface area contributed by atoms with Crippen molar-refractivity contribution in [3.8, 4) is 5.75 Å². The number of ether oxygens (including phenoxy) is 1. The van der Waals surface area contributed by atoms with Crippen LogP contribution in [-0.4, -0.2) is 31.0 Å². The van der Waals surface area contributed by atoms with Crippen molar-refractivity contribution in [3.63, 3.8) is 0 Å². The highest BCUT2D eigenvalue weighted by atomic mass is 16.5. The molecule has 3 N–H and O–H groups in total. The van der Waals surface area contributed by atoms with Crippen molar-refractivity contribution in [3.05, 3.63) is 59.7 Å². The van der Waals surface area contributed by atoms with Gasteiger partial charge in [0.25, 0.3) is 0 Å². The average molecular weight is 341 g/mol. The van der Waals surface area contributed by atoms with Gasteiger partial charge in [0.05, 0.1) is 7.11 Å². The number of methoxy groups -OCH3 is 1. The number of carbonyl (C=O) groups excluding carboxylic acids is 1. The Morgan fingerprint density at radius 3 is 2.48 bits per heavy atom. The van der Waals surface area contributed by atoms with Gasteiger partial charge in [0.1, 0.15) is 5.75 Å². The lowest BCUT2D eigenvalue weighted by atomic mass is 10.1. The molecule has 0 aromatic heterocycles. The molecule has 2 aromatic carbocycles. The fourth-order valence-electron chi connectivity index (χ4n) is 2.71. The highest BCUT2D eigenvalue weighted by molar-refractivity contribution is 5.88. The smallest absolute Gasteiger partial charge is 0.221 e. The Balaban J connectivity index is 2.04. The van der Waals surface area contributed by atoms with E-state index in [1.807, 2.05) is 36.4 Å². The Hall–Kier alpha value is -2.37. The Morgan fingerprint density at radius 1 is 1.12 bits per heavy atom. The zero-order valence-electron chi connectivity index (χ0n) is 15.0. The van der Waals surface area contributed by atoms with E-state index in [0.29, 0.717) is 6.54 Å². The molecule has 0 heterocycles. The summed E-state index contributed by atoms with van der Waals surface area (Å²) in [6, 6.07) is 16.1. The van der Waals surface area contributed by atoms with Crippen LogP contribution in [0.15, 0.2) is 48.5 Å². The zero-order chi connectivity index (χ0) is 18.1. The van der Waals surface area contributed by atoms with Crippen LogP contribution in [0.5, 0.6) is 5.75 Å². The number of nitrogens with two attached hydrogens (primary N) is 1. The van der Waals surface area contributed by atoms with Crippen LogP contribution in [0.2, 0.25) is 0 Å². The summed E-state index contributed by atoms with van der Waals surface area (Å²) in [4.78, 5) is 13.5. The van der Waals surface area contributed by atoms with Gasteiger partial charge in [-0.2, -0.15) is 0 Å². The molecular weight excluding hydrogens is 314 g/mol. The molecule has 134 valence electrons. The minimum absolute atomic E-state index is 0.0599. The third-order valence-corrected chi connectivity index (χ3v) is 3.90. The molecule has 0 spiro atoms. The van der Waals surface area contributed by atoms with Crippen LogP contribution in [0, 0.1) is 0 Å². The van der Waals surface area contributed by atoms with E-state index < -0.39 is 0 Å². The average Bonchev–Trinajstić information content (AvgIpc) is 2.61. The van der Waals surface area contributed by atoms with E-state index in [1.54, 1.807) is 7.11 Å². The van der Waals surface area contributed by atoms with Gasteiger partial charge in [0.15, 0.2) is 0 Å². The minimum Gasteiger partial charge on any atom is -0.497 e. The van der Waals surface area contributed by atoms with Crippen LogP contribution in [0.4, 0.5) is 5.69 Å². The predicted octanol–water partition coefficient (Wildman–Crippen LogP) is 3.00. The molecule has 0 aliphatic heterocycles. The number of anilines is 1. The molecule has 2 rings (SSSR count). The number of hydrogen-bond acceptors (Lipinski definition) is 4. The number of benzene rings is 2.